The standard InChI is InChI=1S/C24H16N4O7.C13H10N2O/c29-22-13-14-9-10-15(23(30)25-18-5-1-3-7-20(18)27(32)33)11-16(14)12-17(22)24(31)26-19-6-2-4-8-21(19)28(34)35;14-7-1-3-9-10-4-2-8(15)6-12(10)13(16)11(9)5-7/h1-13,29H,(H,25,30)(H,26,31);1-6H,14-15H2. The van der Waals surface area contributed by atoms with Crippen LogP contribution in [0.5, 0.6) is 5.75 Å². The van der Waals surface area contributed by atoms with Crippen molar-refractivity contribution in [2.75, 3.05) is 22.1 Å². The normalized spacial score (nSPS) is 11.1. The SMILES string of the molecule is Nc1ccc2c(c1)C(=O)c1cc(N)ccc1-2.O=C(Nc1ccccc1[N+](=O)[O-])c1ccc2cc(O)c(C(=O)Nc3ccccc3[N+](=O)[O-])cc2c1. The average molecular weight is 683 g/mol. The Morgan fingerprint density at radius 1 is 0.588 bits per heavy atom. The van der Waals surface area contributed by atoms with Gasteiger partial charge in [0, 0.05) is 40.2 Å². The van der Waals surface area contributed by atoms with Crippen molar-refractivity contribution in [3.8, 4) is 16.9 Å². The van der Waals surface area contributed by atoms with E-state index in [1.165, 1.54) is 66.7 Å². The van der Waals surface area contributed by atoms with E-state index in [1.807, 2.05) is 12.1 Å². The number of aromatic hydroxyl groups is 1. The van der Waals surface area contributed by atoms with Crippen molar-refractivity contribution in [3.63, 3.8) is 0 Å². The Morgan fingerprint density at radius 3 is 1.63 bits per heavy atom. The number of phenolic OH excluding ortho intramolecular Hbond substituents is 1. The second kappa shape index (κ2) is 13.5. The number of nitrogen functional groups attached to an aromatic ring is 2. The lowest BCUT2D eigenvalue weighted by molar-refractivity contribution is -0.384. The second-order valence-corrected chi connectivity index (χ2v) is 11.3. The summed E-state index contributed by atoms with van der Waals surface area (Å²) in [6.45, 7) is 0. The van der Waals surface area contributed by atoms with Gasteiger partial charge in [0.2, 0.25) is 0 Å². The van der Waals surface area contributed by atoms with Gasteiger partial charge in [-0.1, -0.05) is 42.5 Å². The molecule has 0 aliphatic heterocycles. The maximum Gasteiger partial charge on any atom is 0.292 e. The zero-order valence-corrected chi connectivity index (χ0v) is 26.3. The average Bonchev–Trinajstić information content (AvgIpc) is 3.37. The Bertz CT molecular complexity index is 2390. The minimum Gasteiger partial charge on any atom is -0.507 e. The lowest BCUT2D eigenvalue weighted by Gasteiger charge is -2.10. The van der Waals surface area contributed by atoms with Gasteiger partial charge in [-0.3, -0.25) is 34.6 Å². The molecule has 0 bridgehead atoms. The number of nitrogens with one attached hydrogen (secondary N) is 2. The summed E-state index contributed by atoms with van der Waals surface area (Å²) in [5.41, 5.74) is 15.2. The second-order valence-electron chi connectivity index (χ2n) is 11.3. The van der Waals surface area contributed by atoms with E-state index in [0.717, 1.165) is 11.1 Å². The smallest absolute Gasteiger partial charge is 0.292 e. The Kier molecular flexibility index (Phi) is 8.80. The zero-order chi connectivity index (χ0) is 36.4. The van der Waals surface area contributed by atoms with Crippen LogP contribution in [-0.2, 0) is 0 Å². The van der Waals surface area contributed by atoms with Gasteiger partial charge in [-0.15, -0.1) is 0 Å². The number of carbonyl (C=O) groups is 3. The molecule has 0 fully saturated rings. The van der Waals surface area contributed by atoms with E-state index in [2.05, 4.69) is 10.6 Å². The van der Waals surface area contributed by atoms with Crippen molar-refractivity contribution in [2.24, 2.45) is 0 Å². The number of phenols is 1. The van der Waals surface area contributed by atoms with Crippen LogP contribution in [0.25, 0.3) is 21.9 Å². The third-order valence-electron chi connectivity index (χ3n) is 8.03. The third-order valence-corrected chi connectivity index (χ3v) is 8.03. The zero-order valence-electron chi connectivity index (χ0n) is 26.3. The molecule has 14 nitrogen and oxygen atoms in total. The fourth-order valence-corrected chi connectivity index (χ4v) is 5.58. The minimum atomic E-state index is -0.784. The first-order chi connectivity index (χ1) is 24.4. The highest BCUT2D eigenvalue weighted by molar-refractivity contribution is 6.22. The van der Waals surface area contributed by atoms with Crippen molar-refractivity contribution >= 4 is 62.5 Å². The molecule has 252 valence electrons. The van der Waals surface area contributed by atoms with Crippen LogP contribution in [-0.4, -0.2) is 32.6 Å². The lowest BCUT2D eigenvalue weighted by atomic mass is 10.0. The number of hydrogen-bond donors (Lipinski definition) is 5. The molecule has 14 heteroatoms. The predicted molar refractivity (Wildman–Crippen MR) is 192 cm³/mol. The molecule has 51 heavy (non-hydrogen) atoms. The molecule has 0 aromatic heterocycles. The number of fused-ring (bicyclic) bond motifs is 4. The highest BCUT2D eigenvalue weighted by atomic mass is 16.6. The molecule has 0 radical (unpaired) electrons. The molecule has 6 aromatic carbocycles. The van der Waals surface area contributed by atoms with Crippen molar-refractivity contribution in [1.29, 1.82) is 0 Å². The molecule has 0 saturated carbocycles. The molecule has 0 spiro atoms. The minimum absolute atomic E-state index is 0.00426. The molecule has 6 aromatic rings. The van der Waals surface area contributed by atoms with E-state index in [4.69, 9.17) is 11.5 Å². The van der Waals surface area contributed by atoms with Crippen LogP contribution in [0.2, 0.25) is 0 Å². The summed E-state index contributed by atoms with van der Waals surface area (Å²) in [7, 11) is 0. The van der Waals surface area contributed by atoms with Crippen LogP contribution in [0.1, 0.15) is 36.6 Å². The summed E-state index contributed by atoms with van der Waals surface area (Å²) < 4.78 is 0. The van der Waals surface area contributed by atoms with Gasteiger partial charge in [0.25, 0.3) is 23.2 Å². The van der Waals surface area contributed by atoms with Gasteiger partial charge in [-0.05, 0) is 82.6 Å². The Balaban J connectivity index is 0.000000231. The summed E-state index contributed by atoms with van der Waals surface area (Å²) >= 11 is 0. The molecule has 0 unspecified atom stereocenters. The number of nitro benzene ring substituents is 2. The Morgan fingerprint density at radius 2 is 1.10 bits per heavy atom. The Hall–Kier alpha value is -7.61. The summed E-state index contributed by atoms with van der Waals surface area (Å²) in [6, 6.07) is 29.2. The van der Waals surface area contributed by atoms with Gasteiger partial charge in [-0.2, -0.15) is 0 Å². The van der Waals surface area contributed by atoms with Gasteiger partial charge in [0.1, 0.15) is 17.1 Å². The molecule has 0 heterocycles. The number of hydrogen-bond acceptors (Lipinski definition) is 10. The van der Waals surface area contributed by atoms with Crippen molar-refractivity contribution in [1.82, 2.24) is 0 Å². The first-order valence-electron chi connectivity index (χ1n) is 15.1. The summed E-state index contributed by atoms with van der Waals surface area (Å²) in [6.07, 6.45) is 0. The first-order valence-corrected chi connectivity index (χ1v) is 15.1. The van der Waals surface area contributed by atoms with E-state index in [0.29, 0.717) is 33.3 Å². The van der Waals surface area contributed by atoms with Crippen LogP contribution in [0.3, 0.4) is 0 Å². The molecule has 7 rings (SSSR count). The highest BCUT2D eigenvalue weighted by Crippen LogP contribution is 2.38. The lowest BCUT2D eigenvalue weighted by Crippen LogP contribution is -2.14. The quantitative estimate of drug-likeness (QED) is 0.0689. The molecule has 0 atom stereocenters. The number of anilines is 4. The number of ketones is 1. The van der Waals surface area contributed by atoms with Gasteiger partial charge in [0.15, 0.2) is 5.78 Å². The topological polar surface area (TPSA) is 234 Å². The monoisotopic (exact) mass is 682 g/mol. The van der Waals surface area contributed by atoms with Crippen molar-refractivity contribution in [2.45, 2.75) is 0 Å². The van der Waals surface area contributed by atoms with E-state index in [1.54, 1.807) is 36.4 Å². The summed E-state index contributed by atoms with van der Waals surface area (Å²) in [4.78, 5) is 58.7. The maximum absolute atomic E-state index is 12.8. The number of nitrogens with zero attached hydrogens (tertiary/aromatic N) is 2. The van der Waals surface area contributed by atoms with Gasteiger partial charge < -0.3 is 27.2 Å². The molecule has 7 N–H and O–H groups in total. The predicted octanol–water partition coefficient (Wildman–Crippen LogP) is 6.93. The van der Waals surface area contributed by atoms with Crippen LogP contribution in [0.4, 0.5) is 34.1 Å². The number of para-hydroxylation sites is 4. The number of carbonyl (C=O) groups excluding carboxylic acids is 3. The molecule has 1 aliphatic rings. The van der Waals surface area contributed by atoms with Crippen LogP contribution in [0.15, 0.2) is 115 Å². The molecule has 1 aliphatic carbocycles. The van der Waals surface area contributed by atoms with Gasteiger partial charge >= 0.3 is 0 Å². The molecular formula is C37H26N6O8. The van der Waals surface area contributed by atoms with Gasteiger partial charge in [0.05, 0.1) is 15.4 Å². The van der Waals surface area contributed by atoms with Gasteiger partial charge in [-0.25, -0.2) is 0 Å². The van der Waals surface area contributed by atoms with Crippen LogP contribution >= 0.6 is 0 Å². The molecule has 2 amide bonds. The van der Waals surface area contributed by atoms with Crippen molar-refractivity contribution < 1.29 is 29.3 Å². The van der Waals surface area contributed by atoms with E-state index < -0.39 is 21.7 Å². The van der Waals surface area contributed by atoms with E-state index in [-0.39, 0.29) is 45.4 Å². The first kappa shape index (κ1) is 33.3. The maximum atomic E-state index is 12.8. The number of amides is 2. The van der Waals surface area contributed by atoms with Crippen LogP contribution < -0.4 is 22.1 Å². The fraction of sp³-hybridized carbons (Fsp3) is 0. The Labute approximate surface area is 288 Å². The summed E-state index contributed by atoms with van der Waals surface area (Å²) in [5.74, 6) is -1.75. The third kappa shape index (κ3) is 6.73. The number of benzene rings is 6. The van der Waals surface area contributed by atoms with E-state index >= 15 is 0 Å². The number of nitrogens with two attached hydrogens (primary N) is 2. The summed E-state index contributed by atoms with van der Waals surface area (Å²) in [5, 5.41) is 38.6. The number of rotatable bonds is 6. The largest absolute Gasteiger partial charge is 0.507 e. The van der Waals surface area contributed by atoms with Crippen molar-refractivity contribution in [3.05, 3.63) is 158 Å². The highest BCUT2D eigenvalue weighted by Gasteiger charge is 2.26. The van der Waals surface area contributed by atoms with E-state index in [9.17, 15) is 39.7 Å². The number of nitro groups is 2. The molecule has 0 saturated heterocycles. The fourth-order valence-electron chi connectivity index (χ4n) is 5.58. The molecular weight excluding hydrogens is 656 g/mol. The van der Waals surface area contributed by atoms with Crippen LogP contribution in [0, 0.1) is 20.2 Å².